The van der Waals surface area contributed by atoms with Crippen LogP contribution in [0.4, 0.5) is 14.5 Å². The summed E-state index contributed by atoms with van der Waals surface area (Å²) in [4.78, 5) is 13.1. The number of hydrogen-bond acceptors (Lipinski definition) is 7. The quantitative estimate of drug-likeness (QED) is 0.365. The second kappa shape index (κ2) is 12.8. The molecule has 2 aromatic rings. The molecule has 0 spiro atoms. The number of benzene rings is 2. The first-order chi connectivity index (χ1) is 19.8. The first kappa shape index (κ1) is 22.0. The van der Waals surface area contributed by atoms with E-state index in [1.54, 1.807) is 0 Å². The summed E-state index contributed by atoms with van der Waals surface area (Å²) < 4.78 is 108. The number of halogens is 3. The zero-order valence-corrected chi connectivity index (χ0v) is 22.4. The summed E-state index contributed by atoms with van der Waals surface area (Å²) in [6, 6.07) is 6.35. The predicted octanol–water partition coefficient (Wildman–Crippen LogP) is 4.91. The Morgan fingerprint density at radius 3 is 2.62 bits per heavy atom. The molecule has 0 bridgehead atoms. The molecule has 7 nitrogen and oxygen atoms in total. The molecule has 2 atom stereocenters. The number of rotatable bonds is 11. The molecule has 2 N–H and O–H groups in total. The van der Waals surface area contributed by atoms with Crippen LogP contribution in [0.5, 0.6) is 0 Å². The van der Waals surface area contributed by atoms with Crippen LogP contribution in [0.2, 0.25) is 5.02 Å². The number of ether oxygens (including phenoxy) is 1. The number of carbonyl (C=O) groups excluding carboxylic acids is 1. The van der Waals surface area contributed by atoms with E-state index >= 15 is 4.39 Å². The average molecular weight is 582 g/mol. The summed E-state index contributed by atoms with van der Waals surface area (Å²) >= 11 is 7.51. The number of carbonyl (C=O) groups is 1. The normalized spacial score (nSPS) is 22.1. The molecule has 0 aromatic heterocycles. The Morgan fingerprint density at radius 2 is 2.00 bits per heavy atom. The van der Waals surface area contributed by atoms with Gasteiger partial charge < -0.3 is 15.0 Å². The van der Waals surface area contributed by atoms with Crippen LogP contribution in [-0.2, 0) is 19.6 Å². The summed E-state index contributed by atoms with van der Waals surface area (Å²) in [5.41, 5.74) is -1.67. The minimum absolute atomic E-state index is 0.102. The monoisotopic (exact) mass is 581 g/mol. The van der Waals surface area contributed by atoms with Crippen molar-refractivity contribution < 1.29 is 35.0 Å². The van der Waals surface area contributed by atoms with Crippen molar-refractivity contribution in [1.29, 1.82) is 0 Å². The molecule has 1 saturated heterocycles. The summed E-state index contributed by atoms with van der Waals surface area (Å²) in [7, 11) is -4.54. The summed E-state index contributed by atoms with van der Waals surface area (Å²) in [6.07, 6.45) is 1.61. The van der Waals surface area contributed by atoms with Gasteiger partial charge in [-0.15, -0.1) is 11.8 Å². The SMILES string of the molecule is [2H]C([2H])([2H])N(CC[C@H](CSc1ccc(F)cc1)Nc1c(F)cc(S(=O)(=O)NC(=O)[C@@]2(C)CCCCO2)cc1Cl)C([2H])([2H])[2H]. The molecule has 0 radical (unpaired) electrons. The maximum Gasteiger partial charge on any atom is 0.265 e. The van der Waals surface area contributed by atoms with Gasteiger partial charge in [-0.05, 0) is 89.5 Å². The van der Waals surface area contributed by atoms with Crippen molar-refractivity contribution in [1.82, 2.24) is 9.62 Å². The number of thioether (sulfide) groups is 1. The highest BCUT2D eigenvalue weighted by atomic mass is 35.5. The maximum absolute atomic E-state index is 15.4. The third kappa shape index (κ3) is 8.28. The van der Waals surface area contributed by atoms with Crippen molar-refractivity contribution in [2.45, 2.75) is 54.0 Å². The first-order valence-corrected chi connectivity index (χ1v) is 14.3. The van der Waals surface area contributed by atoms with E-state index in [-0.39, 0.29) is 22.9 Å². The van der Waals surface area contributed by atoms with E-state index in [4.69, 9.17) is 24.6 Å². The molecule has 12 heteroatoms. The number of nitrogens with zero attached hydrogens (tertiary/aromatic N) is 1. The molecular weight excluding hydrogens is 544 g/mol. The van der Waals surface area contributed by atoms with Crippen LogP contribution in [0, 0.1) is 11.6 Å². The minimum atomic E-state index is -4.54. The van der Waals surface area contributed by atoms with Gasteiger partial charge in [0, 0.05) is 31.5 Å². The molecule has 2 aromatic carbocycles. The van der Waals surface area contributed by atoms with Gasteiger partial charge in [0.05, 0.1) is 15.6 Å². The van der Waals surface area contributed by atoms with Gasteiger partial charge in [0.25, 0.3) is 15.9 Å². The van der Waals surface area contributed by atoms with Gasteiger partial charge in [-0.1, -0.05) is 11.6 Å². The van der Waals surface area contributed by atoms with Crippen molar-refractivity contribution >= 4 is 45.0 Å². The van der Waals surface area contributed by atoms with Crippen LogP contribution in [0.25, 0.3) is 0 Å². The van der Waals surface area contributed by atoms with Crippen molar-refractivity contribution in [3.8, 4) is 0 Å². The predicted molar refractivity (Wildman–Crippen MR) is 143 cm³/mol. The summed E-state index contributed by atoms with van der Waals surface area (Å²) in [5.74, 6) is -2.28. The van der Waals surface area contributed by atoms with Crippen LogP contribution in [0.1, 0.15) is 40.8 Å². The Hall–Kier alpha value is -1.92. The minimum Gasteiger partial charge on any atom is -0.378 e. The van der Waals surface area contributed by atoms with E-state index in [9.17, 15) is 17.6 Å². The maximum atomic E-state index is 15.4. The van der Waals surface area contributed by atoms with Crippen LogP contribution < -0.4 is 10.0 Å². The van der Waals surface area contributed by atoms with E-state index in [2.05, 4.69) is 5.32 Å². The van der Waals surface area contributed by atoms with Crippen molar-refractivity contribution in [2.75, 3.05) is 38.2 Å². The van der Waals surface area contributed by atoms with Crippen LogP contribution >= 0.6 is 23.4 Å². The average Bonchev–Trinajstić information content (AvgIpc) is 2.88. The lowest BCUT2D eigenvalue weighted by Gasteiger charge is -2.32. The zero-order valence-electron chi connectivity index (χ0n) is 26.0. The molecule has 0 saturated carbocycles. The van der Waals surface area contributed by atoms with Crippen molar-refractivity contribution in [2.24, 2.45) is 0 Å². The molecule has 1 heterocycles. The lowest BCUT2D eigenvalue weighted by Crippen LogP contribution is -2.50. The number of nitrogens with one attached hydrogen (secondary N) is 2. The molecule has 1 fully saturated rings. The third-order valence-electron chi connectivity index (χ3n) is 5.82. The molecule has 1 amide bonds. The van der Waals surface area contributed by atoms with Crippen molar-refractivity contribution in [3.05, 3.63) is 53.1 Å². The largest absolute Gasteiger partial charge is 0.378 e. The highest BCUT2D eigenvalue weighted by Crippen LogP contribution is 2.32. The van der Waals surface area contributed by atoms with Gasteiger partial charge in [-0.25, -0.2) is 21.9 Å². The Kier molecular flexibility index (Phi) is 7.57. The lowest BCUT2D eigenvalue weighted by atomic mass is 9.95. The zero-order chi connectivity index (χ0) is 32.2. The van der Waals surface area contributed by atoms with Crippen LogP contribution in [0.3, 0.4) is 0 Å². The van der Waals surface area contributed by atoms with Gasteiger partial charge in [0.2, 0.25) is 0 Å². The third-order valence-corrected chi connectivity index (χ3v) is 8.60. The van der Waals surface area contributed by atoms with Gasteiger partial charge in [-0.3, -0.25) is 4.79 Å². The van der Waals surface area contributed by atoms with Crippen molar-refractivity contribution in [3.63, 3.8) is 0 Å². The van der Waals surface area contributed by atoms with E-state index in [0.717, 1.165) is 12.5 Å². The lowest BCUT2D eigenvalue weighted by molar-refractivity contribution is -0.148. The van der Waals surface area contributed by atoms with E-state index in [0.29, 0.717) is 35.3 Å². The molecular formula is C25H32ClF2N3O4S2. The number of anilines is 1. The molecule has 1 aliphatic rings. The standard InChI is InChI=1S/C25H32ClF2N3O4S2/c1-25(11-4-5-13-35-25)24(32)30-37(33,34)20-14-21(26)23(22(28)15-20)29-18(10-12-31(2)3)16-36-19-8-6-17(27)7-9-19/h6-9,14-15,18,29H,4-5,10-13,16H2,1-3H3,(H,30,32)/t18-,25-/m1/s1/i2D3,3D3. The molecule has 204 valence electrons. The topological polar surface area (TPSA) is 87.7 Å². The number of amides is 1. The van der Waals surface area contributed by atoms with Gasteiger partial charge >= 0.3 is 0 Å². The molecule has 37 heavy (non-hydrogen) atoms. The van der Waals surface area contributed by atoms with Crippen LogP contribution in [-0.4, -0.2) is 63.7 Å². The van der Waals surface area contributed by atoms with Gasteiger partial charge in [0.1, 0.15) is 17.2 Å². The second-order valence-corrected chi connectivity index (χ2v) is 12.0. The fourth-order valence-corrected chi connectivity index (χ4v) is 6.07. The molecule has 3 rings (SSSR count). The van der Waals surface area contributed by atoms with E-state index < -0.39 is 64.6 Å². The van der Waals surface area contributed by atoms with Gasteiger partial charge in [-0.2, -0.15) is 0 Å². The summed E-state index contributed by atoms with van der Waals surface area (Å²) in [6.45, 7) is -4.55. The molecule has 1 aliphatic heterocycles. The van der Waals surface area contributed by atoms with Gasteiger partial charge in [0.15, 0.2) is 0 Å². The highest BCUT2D eigenvalue weighted by molar-refractivity contribution is 7.99. The Morgan fingerprint density at radius 1 is 1.27 bits per heavy atom. The Balaban J connectivity index is 1.84. The fraction of sp³-hybridized carbons (Fsp3) is 0.480. The smallest absolute Gasteiger partial charge is 0.265 e. The summed E-state index contributed by atoms with van der Waals surface area (Å²) in [5, 5.41) is 2.48. The second-order valence-electron chi connectivity index (χ2n) is 8.78. The van der Waals surface area contributed by atoms with E-state index in [1.165, 1.54) is 43.0 Å². The number of sulfonamides is 1. The molecule has 0 aliphatic carbocycles. The fourth-order valence-electron chi connectivity index (χ4n) is 3.66. The molecule has 0 unspecified atom stereocenters. The Labute approximate surface area is 234 Å². The van der Waals surface area contributed by atoms with Crippen LogP contribution in [0.15, 0.2) is 46.2 Å². The Bertz CT molecular complexity index is 1360. The highest BCUT2D eigenvalue weighted by Gasteiger charge is 2.38. The van der Waals surface area contributed by atoms with E-state index in [1.807, 2.05) is 4.72 Å². The number of hydrogen-bond donors (Lipinski definition) is 2. The first-order valence-electron chi connectivity index (χ1n) is 14.4.